The highest BCUT2D eigenvalue weighted by atomic mass is 127. The molecule has 1 aliphatic rings. The van der Waals surface area contributed by atoms with Crippen molar-refractivity contribution in [2.24, 2.45) is 10.9 Å². The van der Waals surface area contributed by atoms with Crippen LogP contribution in [0.15, 0.2) is 4.99 Å². The second-order valence-corrected chi connectivity index (χ2v) is 7.43. The topological polar surface area (TPSA) is 51.2 Å². The van der Waals surface area contributed by atoms with E-state index in [-0.39, 0.29) is 48.4 Å². The van der Waals surface area contributed by atoms with Crippen LogP contribution in [0.5, 0.6) is 0 Å². The van der Waals surface area contributed by atoms with Gasteiger partial charge in [0.25, 0.3) is 0 Å². The SMILES string of the molecule is CCC(C)NC(=NCC(=O)N(C)C)N1CCC(CN(CC)CC(F)(F)F)C1.I. The fourth-order valence-electron chi connectivity index (χ4n) is 2.94. The molecule has 0 spiro atoms. The Balaban J connectivity index is 0.00000729. The van der Waals surface area contributed by atoms with E-state index in [0.717, 1.165) is 19.4 Å². The van der Waals surface area contributed by atoms with Crippen molar-refractivity contribution in [1.82, 2.24) is 20.0 Å². The molecule has 2 atom stereocenters. The summed E-state index contributed by atoms with van der Waals surface area (Å²) in [6.07, 6.45) is -2.45. The van der Waals surface area contributed by atoms with Crippen molar-refractivity contribution in [2.45, 2.75) is 45.8 Å². The van der Waals surface area contributed by atoms with Crippen molar-refractivity contribution >= 4 is 35.8 Å². The van der Waals surface area contributed by atoms with Crippen LogP contribution in [-0.2, 0) is 4.79 Å². The molecule has 0 bridgehead atoms. The van der Waals surface area contributed by atoms with E-state index in [1.165, 1.54) is 9.80 Å². The lowest BCUT2D eigenvalue weighted by Gasteiger charge is -2.27. The fourth-order valence-corrected chi connectivity index (χ4v) is 2.94. The first-order valence-electron chi connectivity index (χ1n) is 9.60. The first-order chi connectivity index (χ1) is 12.6. The van der Waals surface area contributed by atoms with Gasteiger partial charge in [0.15, 0.2) is 5.96 Å². The number of alkyl halides is 3. The van der Waals surface area contributed by atoms with E-state index in [4.69, 9.17) is 0 Å². The minimum atomic E-state index is -4.18. The quantitative estimate of drug-likeness (QED) is 0.303. The maximum Gasteiger partial charge on any atom is 0.401 e. The summed E-state index contributed by atoms with van der Waals surface area (Å²) in [5.41, 5.74) is 0. The number of halogens is 4. The molecule has 0 aromatic heterocycles. The van der Waals surface area contributed by atoms with Crippen molar-refractivity contribution < 1.29 is 18.0 Å². The van der Waals surface area contributed by atoms with Crippen molar-refractivity contribution in [3.63, 3.8) is 0 Å². The highest BCUT2D eigenvalue weighted by molar-refractivity contribution is 14.0. The lowest BCUT2D eigenvalue weighted by Crippen LogP contribution is -2.45. The zero-order valence-electron chi connectivity index (χ0n) is 17.6. The highest BCUT2D eigenvalue weighted by Crippen LogP contribution is 2.21. The Morgan fingerprint density at radius 3 is 2.46 bits per heavy atom. The third kappa shape index (κ3) is 10.1. The molecular weight excluding hydrogens is 486 g/mol. The predicted octanol–water partition coefficient (Wildman–Crippen LogP) is 2.64. The molecule has 1 heterocycles. The number of aliphatic imine (C=N–C) groups is 1. The Morgan fingerprint density at radius 1 is 1.32 bits per heavy atom. The van der Waals surface area contributed by atoms with E-state index < -0.39 is 12.7 Å². The van der Waals surface area contributed by atoms with E-state index in [2.05, 4.69) is 22.1 Å². The average Bonchev–Trinajstić information content (AvgIpc) is 3.04. The first-order valence-corrected chi connectivity index (χ1v) is 9.60. The summed E-state index contributed by atoms with van der Waals surface area (Å²) in [5.74, 6) is 0.734. The number of likely N-dealkylation sites (N-methyl/N-ethyl adjacent to an activating group) is 1. The van der Waals surface area contributed by atoms with Crippen molar-refractivity contribution in [2.75, 3.05) is 53.4 Å². The summed E-state index contributed by atoms with van der Waals surface area (Å²) < 4.78 is 38.0. The monoisotopic (exact) mass is 521 g/mol. The molecule has 0 radical (unpaired) electrons. The van der Waals surface area contributed by atoms with Crippen LogP contribution in [-0.4, -0.2) is 92.1 Å². The van der Waals surface area contributed by atoms with Crippen LogP contribution >= 0.6 is 24.0 Å². The minimum Gasteiger partial charge on any atom is -0.354 e. The summed E-state index contributed by atoms with van der Waals surface area (Å²) in [6.45, 7) is 7.20. The van der Waals surface area contributed by atoms with Gasteiger partial charge in [-0.25, -0.2) is 4.99 Å². The second kappa shape index (κ2) is 12.7. The predicted molar refractivity (Wildman–Crippen MR) is 117 cm³/mol. The molecule has 0 saturated carbocycles. The first kappa shape index (κ1) is 27.2. The van der Waals surface area contributed by atoms with Crippen LogP contribution in [0.1, 0.15) is 33.6 Å². The highest BCUT2D eigenvalue weighted by Gasteiger charge is 2.33. The summed E-state index contributed by atoms with van der Waals surface area (Å²) in [4.78, 5) is 21.3. The molecule has 1 aliphatic heterocycles. The van der Waals surface area contributed by atoms with Gasteiger partial charge >= 0.3 is 6.18 Å². The van der Waals surface area contributed by atoms with Gasteiger partial charge in [0, 0.05) is 39.8 Å². The molecule has 2 unspecified atom stereocenters. The van der Waals surface area contributed by atoms with Gasteiger partial charge in [-0.05, 0) is 32.2 Å². The second-order valence-electron chi connectivity index (χ2n) is 7.43. The number of carbonyl (C=O) groups is 1. The van der Waals surface area contributed by atoms with Crippen LogP contribution in [0.4, 0.5) is 13.2 Å². The molecule has 1 N–H and O–H groups in total. The Bertz CT molecular complexity index is 502. The van der Waals surface area contributed by atoms with Gasteiger partial charge < -0.3 is 15.1 Å². The minimum absolute atomic E-state index is 0. The van der Waals surface area contributed by atoms with Crippen molar-refractivity contribution in [3.05, 3.63) is 0 Å². The molecule has 6 nitrogen and oxygen atoms in total. The van der Waals surface area contributed by atoms with Crippen molar-refractivity contribution in [3.8, 4) is 0 Å². The maximum atomic E-state index is 12.7. The van der Waals surface area contributed by atoms with Gasteiger partial charge in [0.05, 0.1) is 6.54 Å². The Morgan fingerprint density at radius 2 is 1.96 bits per heavy atom. The molecular formula is C18H35F3IN5O. The molecule has 1 saturated heterocycles. The van der Waals surface area contributed by atoms with Crippen LogP contribution in [0.2, 0.25) is 0 Å². The smallest absolute Gasteiger partial charge is 0.354 e. The number of hydrogen-bond donors (Lipinski definition) is 1. The van der Waals surface area contributed by atoms with Crippen LogP contribution in [0.3, 0.4) is 0 Å². The molecule has 1 fully saturated rings. The molecule has 0 aromatic rings. The standard InChI is InChI=1S/C18H34F3N5O.HI/c1-6-14(3)23-17(22-10-16(27)24(4)5)26-9-8-15(12-26)11-25(7-2)13-18(19,20)21;/h14-15H,6-13H2,1-5H3,(H,22,23);1H. The van der Waals surface area contributed by atoms with Gasteiger partial charge in [0.2, 0.25) is 5.91 Å². The number of nitrogens with zero attached hydrogens (tertiary/aromatic N) is 4. The third-order valence-electron chi connectivity index (χ3n) is 4.80. The van der Waals surface area contributed by atoms with Gasteiger partial charge in [-0.3, -0.25) is 9.69 Å². The van der Waals surface area contributed by atoms with Gasteiger partial charge in [-0.2, -0.15) is 13.2 Å². The number of amides is 1. The molecule has 166 valence electrons. The number of carbonyl (C=O) groups excluding carboxylic acids is 1. The Labute approximate surface area is 183 Å². The molecule has 0 aliphatic carbocycles. The summed E-state index contributed by atoms with van der Waals surface area (Å²) in [5, 5.41) is 3.34. The molecule has 10 heteroatoms. The van der Waals surface area contributed by atoms with Crippen molar-refractivity contribution in [1.29, 1.82) is 0 Å². The molecule has 28 heavy (non-hydrogen) atoms. The third-order valence-corrected chi connectivity index (χ3v) is 4.80. The van der Waals surface area contributed by atoms with Crippen LogP contribution in [0.25, 0.3) is 0 Å². The van der Waals surface area contributed by atoms with E-state index in [1.807, 2.05) is 6.92 Å². The summed E-state index contributed by atoms with van der Waals surface area (Å²) in [6, 6.07) is 0.203. The lowest BCUT2D eigenvalue weighted by molar-refractivity contribution is -0.146. The number of nitrogens with one attached hydrogen (secondary N) is 1. The fraction of sp³-hybridized carbons (Fsp3) is 0.889. The molecule has 0 aromatic carbocycles. The zero-order valence-corrected chi connectivity index (χ0v) is 19.9. The normalized spacial score (nSPS) is 18.8. The number of likely N-dealkylation sites (tertiary alicyclic amines) is 1. The van der Waals surface area contributed by atoms with Gasteiger partial charge in [-0.1, -0.05) is 13.8 Å². The molecule has 1 rings (SSSR count). The van der Waals surface area contributed by atoms with E-state index >= 15 is 0 Å². The van der Waals surface area contributed by atoms with Gasteiger partial charge in [0.1, 0.15) is 6.54 Å². The number of hydrogen-bond acceptors (Lipinski definition) is 3. The van der Waals surface area contributed by atoms with E-state index in [0.29, 0.717) is 25.6 Å². The average molecular weight is 521 g/mol. The largest absolute Gasteiger partial charge is 0.401 e. The van der Waals surface area contributed by atoms with Crippen LogP contribution < -0.4 is 5.32 Å². The number of guanidine groups is 1. The summed E-state index contributed by atoms with van der Waals surface area (Å²) >= 11 is 0. The lowest BCUT2D eigenvalue weighted by atomic mass is 10.1. The number of rotatable bonds is 8. The Kier molecular flexibility index (Phi) is 12.4. The Hall–Kier alpha value is -0.780. The summed E-state index contributed by atoms with van der Waals surface area (Å²) in [7, 11) is 3.37. The maximum absolute atomic E-state index is 12.7. The van der Waals surface area contributed by atoms with E-state index in [1.54, 1.807) is 21.0 Å². The van der Waals surface area contributed by atoms with Gasteiger partial charge in [-0.15, -0.1) is 24.0 Å². The molecule has 1 amide bonds. The zero-order chi connectivity index (χ0) is 20.6. The van der Waals surface area contributed by atoms with Crippen LogP contribution in [0, 0.1) is 5.92 Å². The van der Waals surface area contributed by atoms with E-state index in [9.17, 15) is 18.0 Å².